The van der Waals surface area contributed by atoms with Crippen molar-refractivity contribution in [2.45, 2.75) is 45.8 Å². The zero-order chi connectivity index (χ0) is 14.7. The maximum atomic E-state index is 6.31. The molecule has 112 valence electrons. The number of benzene rings is 1. The van der Waals surface area contributed by atoms with Gasteiger partial charge in [0, 0.05) is 41.8 Å². The van der Waals surface area contributed by atoms with Gasteiger partial charge in [0.2, 0.25) is 0 Å². The summed E-state index contributed by atoms with van der Waals surface area (Å²) >= 11 is 12.4. The van der Waals surface area contributed by atoms with Gasteiger partial charge in [-0.3, -0.25) is 4.90 Å². The van der Waals surface area contributed by atoms with Crippen molar-refractivity contribution in [1.29, 1.82) is 0 Å². The second-order valence-electron chi connectivity index (χ2n) is 5.93. The van der Waals surface area contributed by atoms with E-state index in [2.05, 4.69) is 31.0 Å². The van der Waals surface area contributed by atoms with Crippen LogP contribution in [-0.2, 0) is 6.54 Å². The topological polar surface area (TPSA) is 15.3 Å². The van der Waals surface area contributed by atoms with Crippen LogP contribution in [0.25, 0.3) is 0 Å². The molecule has 1 heterocycles. The highest BCUT2D eigenvalue weighted by Gasteiger charge is 2.29. The molecule has 1 saturated heterocycles. The van der Waals surface area contributed by atoms with E-state index in [4.69, 9.17) is 23.2 Å². The van der Waals surface area contributed by atoms with Gasteiger partial charge >= 0.3 is 0 Å². The van der Waals surface area contributed by atoms with E-state index in [0.29, 0.717) is 18.0 Å². The first-order valence-electron chi connectivity index (χ1n) is 7.42. The predicted octanol–water partition coefficient (Wildman–Crippen LogP) is 4.20. The Kier molecular flexibility index (Phi) is 5.74. The first kappa shape index (κ1) is 16.1. The fourth-order valence-electron chi connectivity index (χ4n) is 2.90. The summed E-state index contributed by atoms with van der Waals surface area (Å²) in [6.07, 6.45) is 1.19. The lowest BCUT2D eigenvalue weighted by Crippen LogP contribution is -2.57. The molecule has 1 aromatic rings. The fraction of sp³-hybridized carbons (Fsp3) is 0.625. The van der Waals surface area contributed by atoms with E-state index in [1.54, 1.807) is 0 Å². The molecular weight excluding hydrogens is 291 g/mol. The van der Waals surface area contributed by atoms with Crippen LogP contribution in [0.2, 0.25) is 10.0 Å². The van der Waals surface area contributed by atoms with Gasteiger partial charge in [0.25, 0.3) is 0 Å². The molecule has 2 rings (SSSR count). The molecule has 3 atom stereocenters. The molecule has 0 bridgehead atoms. The van der Waals surface area contributed by atoms with Crippen LogP contribution in [0.1, 0.15) is 32.8 Å². The lowest BCUT2D eigenvalue weighted by atomic mass is 9.94. The molecule has 2 nitrogen and oxygen atoms in total. The van der Waals surface area contributed by atoms with Crippen molar-refractivity contribution in [2.24, 2.45) is 5.92 Å². The van der Waals surface area contributed by atoms with E-state index < -0.39 is 0 Å². The van der Waals surface area contributed by atoms with Crippen LogP contribution in [0, 0.1) is 5.92 Å². The molecule has 0 saturated carbocycles. The molecule has 0 amide bonds. The average molecular weight is 315 g/mol. The summed E-state index contributed by atoms with van der Waals surface area (Å²) in [4.78, 5) is 2.55. The van der Waals surface area contributed by atoms with Gasteiger partial charge in [0.15, 0.2) is 0 Å². The molecule has 0 radical (unpaired) electrons. The highest BCUT2D eigenvalue weighted by molar-refractivity contribution is 6.33. The smallest absolute Gasteiger partial charge is 0.0452 e. The molecule has 4 heteroatoms. The van der Waals surface area contributed by atoms with Crippen molar-refractivity contribution >= 4 is 23.2 Å². The lowest BCUT2D eigenvalue weighted by Gasteiger charge is -2.42. The van der Waals surface area contributed by atoms with E-state index in [-0.39, 0.29) is 0 Å². The zero-order valence-electron chi connectivity index (χ0n) is 12.5. The third kappa shape index (κ3) is 3.88. The molecule has 0 aromatic heterocycles. The Labute approximate surface area is 132 Å². The van der Waals surface area contributed by atoms with Crippen molar-refractivity contribution in [3.05, 3.63) is 33.8 Å². The van der Waals surface area contributed by atoms with Gasteiger partial charge < -0.3 is 5.32 Å². The standard InChI is InChI=1S/C16H24Cl2N2/c1-4-11(2)16-8-19-12(3)9-20(16)10-13-7-14(17)5-6-15(13)18/h5-7,11-12,16,19H,4,8-10H2,1-3H3. The second-order valence-corrected chi connectivity index (χ2v) is 6.77. The van der Waals surface area contributed by atoms with E-state index in [1.165, 1.54) is 6.42 Å². The van der Waals surface area contributed by atoms with Gasteiger partial charge in [0.1, 0.15) is 0 Å². The summed E-state index contributed by atoms with van der Waals surface area (Å²) in [6, 6.07) is 6.81. The van der Waals surface area contributed by atoms with Gasteiger partial charge in [-0.15, -0.1) is 0 Å². The average Bonchev–Trinajstić information content (AvgIpc) is 2.42. The number of nitrogens with zero attached hydrogens (tertiary/aromatic N) is 1. The molecule has 0 aliphatic carbocycles. The van der Waals surface area contributed by atoms with E-state index in [0.717, 1.165) is 35.2 Å². The first-order chi connectivity index (χ1) is 9.51. The summed E-state index contributed by atoms with van der Waals surface area (Å²) in [5, 5.41) is 5.15. The lowest BCUT2D eigenvalue weighted by molar-refractivity contribution is 0.0885. The van der Waals surface area contributed by atoms with Gasteiger partial charge in [-0.05, 0) is 36.6 Å². The highest BCUT2D eigenvalue weighted by atomic mass is 35.5. The minimum Gasteiger partial charge on any atom is -0.311 e. The van der Waals surface area contributed by atoms with E-state index in [9.17, 15) is 0 Å². The predicted molar refractivity (Wildman–Crippen MR) is 87.6 cm³/mol. The van der Waals surface area contributed by atoms with Crippen LogP contribution >= 0.6 is 23.2 Å². The molecule has 3 unspecified atom stereocenters. The normalized spacial score (nSPS) is 25.6. The summed E-state index contributed by atoms with van der Waals surface area (Å²) in [7, 11) is 0. The Morgan fingerprint density at radius 2 is 2.15 bits per heavy atom. The maximum absolute atomic E-state index is 6.31. The maximum Gasteiger partial charge on any atom is 0.0452 e. The number of nitrogens with one attached hydrogen (secondary N) is 1. The fourth-order valence-corrected chi connectivity index (χ4v) is 3.27. The summed E-state index contributed by atoms with van der Waals surface area (Å²) in [6.45, 7) is 9.80. The second kappa shape index (κ2) is 7.13. The third-order valence-electron chi connectivity index (χ3n) is 4.33. The monoisotopic (exact) mass is 314 g/mol. The van der Waals surface area contributed by atoms with Gasteiger partial charge in [-0.2, -0.15) is 0 Å². The number of hydrogen-bond donors (Lipinski definition) is 1. The number of hydrogen-bond acceptors (Lipinski definition) is 2. The van der Waals surface area contributed by atoms with Crippen LogP contribution in [0.5, 0.6) is 0 Å². The summed E-state index contributed by atoms with van der Waals surface area (Å²) in [5.74, 6) is 0.674. The van der Waals surface area contributed by atoms with Gasteiger partial charge in [-0.1, -0.05) is 43.5 Å². The first-order valence-corrected chi connectivity index (χ1v) is 8.18. The van der Waals surface area contributed by atoms with Crippen molar-refractivity contribution in [3.63, 3.8) is 0 Å². The molecule has 1 aliphatic rings. The molecule has 1 aromatic carbocycles. The molecular formula is C16H24Cl2N2. The Bertz CT molecular complexity index is 450. The van der Waals surface area contributed by atoms with Crippen LogP contribution in [0.15, 0.2) is 18.2 Å². The van der Waals surface area contributed by atoms with Gasteiger partial charge in [-0.25, -0.2) is 0 Å². The quantitative estimate of drug-likeness (QED) is 0.896. The third-order valence-corrected chi connectivity index (χ3v) is 4.94. The van der Waals surface area contributed by atoms with Crippen molar-refractivity contribution in [2.75, 3.05) is 13.1 Å². The van der Waals surface area contributed by atoms with Crippen LogP contribution in [-0.4, -0.2) is 30.1 Å². The minimum atomic E-state index is 0.522. The van der Waals surface area contributed by atoms with Gasteiger partial charge in [0.05, 0.1) is 0 Å². The van der Waals surface area contributed by atoms with Crippen LogP contribution in [0.3, 0.4) is 0 Å². The molecule has 0 spiro atoms. The van der Waals surface area contributed by atoms with Crippen molar-refractivity contribution in [3.8, 4) is 0 Å². The van der Waals surface area contributed by atoms with Crippen molar-refractivity contribution in [1.82, 2.24) is 10.2 Å². The highest BCUT2D eigenvalue weighted by Crippen LogP contribution is 2.26. The van der Waals surface area contributed by atoms with Crippen LogP contribution in [0.4, 0.5) is 0 Å². The molecule has 20 heavy (non-hydrogen) atoms. The van der Waals surface area contributed by atoms with Crippen LogP contribution < -0.4 is 5.32 Å². The number of rotatable bonds is 4. The van der Waals surface area contributed by atoms with E-state index in [1.807, 2.05) is 18.2 Å². The Morgan fingerprint density at radius 1 is 1.40 bits per heavy atom. The van der Waals surface area contributed by atoms with Crippen molar-refractivity contribution < 1.29 is 0 Å². The zero-order valence-corrected chi connectivity index (χ0v) is 14.0. The number of halogens is 2. The molecule has 1 aliphatic heterocycles. The number of piperazine rings is 1. The minimum absolute atomic E-state index is 0.522. The summed E-state index contributed by atoms with van der Waals surface area (Å²) < 4.78 is 0. The Hall–Kier alpha value is -0.280. The summed E-state index contributed by atoms with van der Waals surface area (Å²) in [5.41, 5.74) is 1.13. The molecule has 1 fully saturated rings. The Balaban J connectivity index is 2.16. The SMILES string of the molecule is CCC(C)C1CNC(C)CN1Cc1cc(Cl)ccc1Cl. The molecule has 1 N–H and O–H groups in total. The largest absolute Gasteiger partial charge is 0.311 e. The van der Waals surface area contributed by atoms with E-state index >= 15 is 0 Å². The Morgan fingerprint density at radius 3 is 2.85 bits per heavy atom.